The lowest BCUT2D eigenvalue weighted by molar-refractivity contribution is 0.132. The average Bonchev–Trinajstić information content (AvgIpc) is 2.40. The molecule has 2 heterocycles. The Bertz CT molecular complexity index is 749. The number of hydrogen-bond donors (Lipinski definition) is 0. The van der Waals surface area contributed by atoms with Crippen LogP contribution >= 0.6 is 22.6 Å². The molecule has 104 valence electrons. The first-order valence-corrected chi connectivity index (χ1v) is 8.28. The normalized spacial score (nSPS) is 28.0. The maximum absolute atomic E-state index is 12.4. The molecule has 0 saturated heterocycles. The largest absolute Gasteiger partial charge is 0.488 e. The summed E-state index contributed by atoms with van der Waals surface area (Å²) in [5.41, 5.74) is 2.32. The lowest BCUT2D eigenvalue weighted by Gasteiger charge is -2.40. The summed E-state index contributed by atoms with van der Waals surface area (Å²) in [6, 6.07) is 5.88. The highest BCUT2D eigenvalue weighted by Gasteiger charge is 2.42. The van der Waals surface area contributed by atoms with Crippen molar-refractivity contribution in [2.75, 3.05) is 0 Å². The topological polar surface area (TPSA) is 39.4 Å². The molecular formula is C16H15IO3. The van der Waals surface area contributed by atoms with Crippen LogP contribution in [-0.4, -0.2) is 10.0 Å². The van der Waals surface area contributed by atoms with Gasteiger partial charge in [-0.15, -0.1) is 0 Å². The highest BCUT2D eigenvalue weighted by molar-refractivity contribution is 14.1. The lowest BCUT2D eigenvalue weighted by atomic mass is 9.80. The second-order valence-electron chi connectivity index (χ2n) is 5.77. The molecule has 4 heteroatoms. The highest BCUT2D eigenvalue weighted by atomic mass is 127. The number of aryl methyl sites for hydroxylation is 1. The molecule has 0 N–H and O–H groups in total. The van der Waals surface area contributed by atoms with Gasteiger partial charge in [0.25, 0.3) is 0 Å². The van der Waals surface area contributed by atoms with Gasteiger partial charge in [0.05, 0.1) is 14.9 Å². The minimum absolute atomic E-state index is 0.219. The Kier molecular flexibility index (Phi) is 2.84. The van der Waals surface area contributed by atoms with Gasteiger partial charge >= 0.3 is 5.63 Å². The molecule has 0 unspecified atom stereocenters. The van der Waals surface area contributed by atoms with Crippen LogP contribution in [0.1, 0.15) is 36.3 Å². The Morgan fingerprint density at radius 3 is 3.00 bits per heavy atom. The molecule has 0 spiro atoms. The third-order valence-corrected chi connectivity index (χ3v) is 6.10. The molecule has 0 radical (unpaired) electrons. The molecule has 4 rings (SSSR count). The highest BCUT2D eigenvalue weighted by Crippen LogP contribution is 2.48. The number of benzene rings is 1. The summed E-state index contributed by atoms with van der Waals surface area (Å²) in [6.45, 7) is 2.04. The molecule has 1 aliphatic heterocycles. The standard InChI is InChI=1S/C16H15IO3/c1-8-5-6-11-10(7-8)15-13(16(18)20-11)9-3-2-4-12(19-15)14(9)17/h5-7,9,12,14H,2-4H2,1H3/t9-,12-,14-/m1/s1. The van der Waals surface area contributed by atoms with E-state index in [1.807, 2.05) is 19.1 Å². The molecule has 3 nitrogen and oxygen atoms in total. The maximum Gasteiger partial charge on any atom is 0.343 e. The summed E-state index contributed by atoms with van der Waals surface area (Å²) < 4.78 is 12.1. The fourth-order valence-electron chi connectivity index (χ4n) is 3.44. The van der Waals surface area contributed by atoms with Gasteiger partial charge in [0.1, 0.15) is 17.4 Å². The zero-order chi connectivity index (χ0) is 13.9. The van der Waals surface area contributed by atoms with E-state index in [4.69, 9.17) is 9.15 Å². The average molecular weight is 382 g/mol. The summed E-state index contributed by atoms with van der Waals surface area (Å²) in [4.78, 5) is 12.4. The van der Waals surface area contributed by atoms with Crippen molar-refractivity contribution < 1.29 is 9.15 Å². The first kappa shape index (κ1) is 12.7. The monoisotopic (exact) mass is 382 g/mol. The smallest absolute Gasteiger partial charge is 0.343 e. The van der Waals surface area contributed by atoms with E-state index in [0.29, 0.717) is 9.51 Å². The molecule has 1 saturated carbocycles. The predicted octanol–water partition coefficient (Wildman–Crippen LogP) is 3.93. The number of ether oxygens (including phenoxy) is 1. The molecular weight excluding hydrogens is 367 g/mol. The fraction of sp³-hybridized carbons (Fsp3) is 0.438. The Labute approximate surface area is 130 Å². The minimum atomic E-state index is -0.219. The molecule has 1 aromatic carbocycles. The minimum Gasteiger partial charge on any atom is -0.488 e. The first-order valence-electron chi connectivity index (χ1n) is 7.03. The summed E-state index contributed by atoms with van der Waals surface area (Å²) in [5, 5.41) is 0.944. The van der Waals surface area contributed by atoms with Gasteiger partial charge < -0.3 is 9.15 Å². The molecule has 1 aliphatic carbocycles. The molecule has 2 bridgehead atoms. The molecule has 1 fully saturated rings. The fourth-order valence-corrected chi connectivity index (χ4v) is 4.67. The lowest BCUT2D eigenvalue weighted by Crippen LogP contribution is -2.42. The Morgan fingerprint density at radius 2 is 2.15 bits per heavy atom. The van der Waals surface area contributed by atoms with Crippen LogP contribution in [-0.2, 0) is 0 Å². The Hall–Kier alpha value is -1.04. The number of halogens is 1. The summed E-state index contributed by atoms with van der Waals surface area (Å²) in [5.74, 6) is 1.06. The summed E-state index contributed by atoms with van der Waals surface area (Å²) >= 11 is 2.43. The van der Waals surface area contributed by atoms with Gasteiger partial charge in [-0.1, -0.05) is 34.2 Å². The van der Waals surface area contributed by atoms with Gasteiger partial charge in [-0.25, -0.2) is 4.79 Å². The van der Waals surface area contributed by atoms with E-state index in [-0.39, 0.29) is 17.6 Å². The zero-order valence-corrected chi connectivity index (χ0v) is 13.3. The van der Waals surface area contributed by atoms with Gasteiger partial charge in [-0.2, -0.15) is 0 Å². The van der Waals surface area contributed by atoms with E-state index in [2.05, 4.69) is 28.7 Å². The van der Waals surface area contributed by atoms with Crippen molar-refractivity contribution in [2.45, 2.75) is 42.1 Å². The number of hydrogen-bond acceptors (Lipinski definition) is 3. The van der Waals surface area contributed by atoms with Crippen LogP contribution in [0, 0.1) is 6.92 Å². The predicted molar refractivity (Wildman–Crippen MR) is 86.0 cm³/mol. The molecule has 0 amide bonds. The summed E-state index contributed by atoms with van der Waals surface area (Å²) in [7, 11) is 0. The van der Waals surface area contributed by atoms with Gasteiger partial charge in [-0.05, 0) is 38.3 Å². The van der Waals surface area contributed by atoms with E-state index < -0.39 is 0 Å². The third-order valence-electron chi connectivity index (χ3n) is 4.43. The van der Waals surface area contributed by atoms with Crippen LogP contribution in [0.4, 0.5) is 0 Å². The van der Waals surface area contributed by atoms with E-state index in [0.717, 1.165) is 41.5 Å². The quantitative estimate of drug-likeness (QED) is 0.394. The van der Waals surface area contributed by atoms with Crippen molar-refractivity contribution in [1.29, 1.82) is 0 Å². The van der Waals surface area contributed by atoms with E-state index >= 15 is 0 Å². The van der Waals surface area contributed by atoms with Crippen molar-refractivity contribution in [2.24, 2.45) is 0 Å². The second-order valence-corrected chi connectivity index (χ2v) is 7.21. The van der Waals surface area contributed by atoms with Crippen molar-refractivity contribution in [3.05, 3.63) is 39.7 Å². The van der Waals surface area contributed by atoms with Crippen LogP contribution in [0.3, 0.4) is 0 Å². The molecule has 20 heavy (non-hydrogen) atoms. The van der Waals surface area contributed by atoms with Crippen LogP contribution < -0.4 is 10.4 Å². The molecule has 1 aromatic heterocycles. The number of alkyl halides is 1. The van der Waals surface area contributed by atoms with Gasteiger partial charge in [0.2, 0.25) is 0 Å². The van der Waals surface area contributed by atoms with Gasteiger partial charge in [0, 0.05) is 5.92 Å². The van der Waals surface area contributed by atoms with Gasteiger partial charge in [-0.3, -0.25) is 0 Å². The van der Waals surface area contributed by atoms with Crippen molar-refractivity contribution >= 4 is 33.6 Å². The first-order chi connectivity index (χ1) is 9.65. The van der Waals surface area contributed by atoms with E-state index in [9.17, 15) is 4.79 Å². The maximum atomic E-state index is 12.4. The Balaban J connectivity index is 2.06. The van der Waals surface area contributed by atoms with Crippen LogP contribution in [0.15, 0.2) is 27.4 Å². The molecule has 2 aromatic rings. The van der Waals surface area contributed by atoms with Crippen LogP contribution in [0.2, 0.25) is 0 Å². The Morgan fingerprint density at radius 1 is 1.30 bits per heavy atom. The SMILES string of the molecule is Cc1ccc2oc(=O)c3c(c2c1)O[C@@H]1CCC[C@H]3[C@H]1I. The zero-order valence-electron chi connectivity index (χ0n) is 11.2. The van der Waals surface area contributed by atoms with Crippen molar-refractivity contribution in [3.63, 3.8) is 0 Å². The second kappa shape index (κ2) is 4.48. The number of fused-ring (bicyclic) bond motifs is 6. The van der Waals surface area contributed by atoms with E-state index in [1.54, 1.807) is 0 Å². The molecule has 3 atom stereocenters. The van der Waals surface area contributed by atoms with Crippen LogP contribution in [0.5, 0.6) is 5.75 Å². The van der Waals surface area contributed by atoms with Crippen molar-refractivity contribution in [1.82, 2.24) is 0 Å². The number of rotatable bonds is 0. The molecule has 2 aliphatic rings. The van der Waals surface area contributed by atoms with E-state index in [1.165, 1.54) is 0 Å². The third kappa shape index (κ3) is 1.73. The van der Waals surface area contributed by atoms with Crippen LogP contribution in [0.25, 0.3) is 11.0 Å². The van der Waals surface area contributed by atoms with Gasteiger partial charge in [0.15, 0.2) is 0 Å². The van der Waals surface area contributed by atoms with Crippen molar-refractivity contribution in [3.8, 4) is 5.75 Å². The summed E-state index contributed by atoms with van der Waals surface area (Å²) in [6.07, 6.45) is 3.49.